The topological polar surface area (TPSA) is 75.1 Å². The van der Waals surface area contributed by atoms with Gasteiger partial charge in [-0.15, -0.1) is 0 Å². The number of fused-ring (bicyclic) bond motifs is 1. The Morgan fingerprint density at radius 3 is 2.63 bits per heavy atom. The highest BCUT2D eigenvalue weighted by Crippen LogP contribution is 2.12. The van der Waals surface area contributed by atoms with E-state index < -0.39 is 0 Å². The third kappa shape index (κ3) is 3.60. The van der Waals surface area contributed by atoms with E-state index in [9.17, 15) is 4.79 Å². The number of benzene rings is 2. The summed E-state index contributed by atoms with van der Waals surface area (Å²) in [5.41, 5.74) is 4.57. The maximum atomic E-state index is 12.9. The van der Waals surface area contributed by atoms with Crippen molar-refractivity contribution < 1.29 is 0 Å². The van der Waals surface area contributed by atoms with Crippen LogP contribution in [0.5, 0.6) is 0 Å². The molecule has 136 valence electrons. The molecule has 2 aromatic carbocycles. The Morgan fingerprint density at radius 1 is 1.04 bits per heavy atom. The number of hydrogen-bond donors (Lipinski definition) is 2. The van der Waals surface area contributed by atoms with Gasteiger partial charge in [0.05, 0.1) is 12.2 Å². The van der Waals surface area contributed by atoms with Crippen LogP contribution in [0.1, 0.15) is 28.2 Å². The lowest BCUT2D eigenvalue weighted by atomic mass is 10.1. The fourth-order valence-electron chi connectivity index (χ4n) is 3.12. The van der Waals surface area contributed by atoms with Crippen molar-refractivity contribution in [1.29, 1.82) is 0 Å². The van der Waals surface area contributed by atoms with Gasteiger partial charge < -0.3 is 5.32 Å². The molecular weight excluding hydrogens is 338 g/mol. The molecule has 0 amide bonds. The Morgan fingerprint density at radius 2 is 1.85 bits per heavy atom. The van der Waals surface area contributed by atoms with Gasteiger partial charge in [-0.2, -0.15) is 9.50 Å². The minimum Gasteiger partial charge on any atom is -0.378 e. The number of aryl methyl sites for hydroxylation is 2. The van der Waals surface area contributed by atoms with Crippen molar-refractivity contribution in [2.24, 2.45) is 0 Å². The van der Waals surface area contributed by atoms with Gasteiger partial charge in [-0.05, 0) is 37.1 Å². The predicted octanol–water partition coefficient (Wildman–Crippen LogP) is 3.24. The molecule has 0 aliphatic heterocycles. The number of aromatic nitrogens is 4. The minimum absolute atomic E-state index is 0.101. The van der Waals surface area contributed by atoms with Crippen LogP contribution in [0.25, 0.3) is 5.78 Å². The Bertz CT molecular complexity index is 1140. The van der Waals surface area contributed by atoms with E-state index in [4.69, 9.17) is 0 Å². The van der Waals surface area contributed by atoms with Crippen molar-refractivity contribution in [1.82, 2.24) is 19.6 Å². The molecule has 6 nitrogen and oxygen atoms in total. The number of hydrogen-bond acceptors (Lipinski definition) is 4. The lowest BCUT2D eigenvalue weighted by Gasteiger charge is -2.05. The number of rotatable bonds is 5. The minimum atomic E-state index is -0.101. The Kier molecular flexibility index (Phi) is 4.46. The normalized spacial score (nSPS) is 11.0. The van der Waals surface area contributed by atoms with Gasteiger partial charge in [-0.25, -0.2) is 4.98 Å². The number of nitrogens with zero attached hydrogens (tertiary/aromatic N) is 3. The summed E-state index contributed by atoms with van der Waals surface area (Å²) in [6.45, 7) is 4.39. The van der Waals surface area contributed by atoms with Gasteiger partial charge in [0.2, 0.25) is 0 Å². The lowest BCUT2D eigenvalue weighted by Crippen LogP contribution is -2.22. The molecular formula is C21H21N5O. The molecule has 4 rings (SSSR count). The molecule has 0 unspecified atom stereocenters. The molecule has 0 aliphatic carbocycles. The summed E-state index contributed by atoms with van der Waals surface area (Å²) in [4.78, 5) is 21.9. The van der Waals surface area contributed by atoms with E-state index in [1.807, 2.05) is 62.4 Å². The molecule has 0 saturated heterocycles. The van der Waals surface area contributed by atoms with Crippen LogP contribution in [-0.2, 0) is 13.0 Å². The van der Waals surface area contributed by atoms with Crippen molar-refractivity contribution in [3.05, 3.63) is 93.2 Å². The molecule has 0 atom stereocenters. The fraction of sp³-hybridized carbons (Fsp3) is 0.190. The van der Waals surface area contributed by atoms with Crippen LogP contribution in [0, 0.1) is 13.8 Å². The molecule has 0 saturated carbocycles. The van der Waals surface area contributed by atoms with Crippen LogP contribution in [-0.4, -0.2) is 19.6 Å². The first kappa shape index (κ1) is 17.0. The lowest BCUT2D eigenvalue weighted by molar-refractivity contribution is 0.832. The van der Waals surface area contributed by atoms with Crippen LogP contribution >= 0.6 is 0 Å². The Labute approximate surface area is 156 Å². The molecule has 0 fully saturated rings. The SMILES string of the molecule is Cc1cccc(NCc2nc3nc(C)c(Cc4ccccc4)c(=O)n3[nH]2)c1. The van der Waals surface area contributed by atoms with Gasteiger partial charge in [0.15, 0.2) is 0 Å². The summed E-state index contributed by atoms with van der Waals surface area (Å²) in [5, 5.41) is 6.38. The van der Waals surface area contributed by atoms with E-state index >= 15 is 0 Å². The number of aromatic amines is 1. The molecule has 2 N–H and O–H groups in total. The molecule has 2 aromatic heterocycles. The summed E-state index contributed by atoms with van der Waals surface area (Å²) >= 11 is 0. The van der Waals surface area contributed by atoms with Gasteiger partial charge >= 0.3 is 0 Å². The van der Waals surface area contributed by atoms with Gasteiger partial charge in [0, 0.05) is 17.7 Å². The van der Waals surface area contributed by atoms with Crippen molar-refractivity contribution in [3.8, 4) is 0 Å². The Balaban J connectivity index is 1.62. The molecule has 27 heavy (non-hydrogen) atoms. The zero-order valence-electron chi connectivity index (χ0n) is 15.4. The summed E-state index contributed by atoms with van der Waals surface area (Å²) < 4.78 is 1.43. The van der Waals surface area contributed by atoms with Crippen molar-refractivity contribution in [3.63, 3.8) is 0 Å². The number of H-pyrrole nitrogens is 1. The predicted molar refractivity (Wildman–Crippen MR) is 106 cm³/mol. The molecule has 0 bridgehead atoms. The summed E-state index contributed by atoms with van der Waals surface area (Å²) in [5.74, 6) is 1.06. The van der Waals surface area contributed by atoms with E-state index in [-0.39, 0.29) is 5.56 Å². The van der Waals surface area contributed by atoms with E-state index in [0.717, 1.165) is 11.3 Å². The van der Waals surface area contributed by atoms with Gasteiger partial charge in [-0.3, -0.25) is 9.89 Å². The second-order valence-electron chi connectivity index (χ2n) is 6.67. The molecule has 4 aromatic rings. The first-order chi connectivity index (χ1) is 13.1. The highest BCUT2D eigenvalue weighted by Gasteiger charge is 2.13. The zero-order chi connectivity index (χ0) is 18.8. The van der Waals surface area contributed by atoms with E-state index in [1.165, 1.54) is 10.1 Å². The van der Waals surface area contributed by atoms with E-state index in [2.05, 4.69) is 26.4 Å². The highest BCUT2D eigenvalue weighted by molar-refractivity contribution is 5.45. The average molecular weight is 359 g/mol. The van der Waals surface area contributed by atoms with Crippen molar-refractivity contribution >= 4 is 11.5 Å². The average Bonchev–Trinajstić information content (AvgIpc) is 3.07. The number of anilines is 1. The van der Waals surface area contributed by atoms with Gasteiger partial charge in [-0.1, -0.05) is 42.5 Å². The second kappa shape index (κ2) is 7.07. The van der Waals surface area contributed by atoms with Crippen molar-refractivity contribution in [2.45, 2.75) is 26.8 Å². The zero-order valence-corrected chi connectivity index (χ0v) is 15.4. The smallest absolute Gasteiger partial charge is 0.277 e. The largest absolute Gasteiger partial charge is 0.378 e. The molecule has 2 heterocycles. The van der Waals surface area contributed by atoms with E-state index in [0.29, 0.717) is 35.8 Å². The fourth-order valence-corrected chi connectivity index (χ4v) is 3.12. The quantitative estimate of drug-likeness (QED) is 0.574. The maximum Gasteiger partial charge on any atom is 0.277 e. The maximum absolute atomic E-state index is 12.9. The van der Waals surface area contributed by atoms with Crippen LogP contribution < -0.4 is 10.9 Å². The molecule has 0 spiro atoms. The van der Waals surface area contributed by atoms with Gasteiger partial charge in [0.25, 0.3) is 11.3 Å². The van der Waals surface area contributed by atoms with Crippen molar-refractivity contribution in [2.75, 3.05) is 5.32 Å². The highest BCUT2D eigenvalue weighted by atomic mass is 16.1. The third-order valence-electron chi connectivity index (χ3n) is 4.54. The standard InChI is InChI=1S/C21H21N5O/c1-14-7-6-10-17(11-14)22-13-19-24-21-23-15(2)18(20(27)26(21)25-19)12-16-8-4-3-5-9-16/h3-11,22H,12-13H2,1-2H3,(H,23,24,25). The first-order valence-electron chi connectivity index (χ1n) is 8.92. The number of nitrogens with one attached hydrogen (secondary N) is 2. The van der Waals surface area contributed by atoms with Crippen LogP contribution in [0.4, 0.5) is 5.69 Å². The molecule has 6 heteroatoms. The van der Waals surface area contributed by atoms with Crippen LogP contribution in [0.15, 0.2) is 59.4 Å². The monoisotopic (exact) mass is 359 g/mol. The summed E-state index contributed by atoms with van der Waals surface area (Å²) in [6.07, 6.45) is 0.553. The second-order valence-corrected chi connectivity index (χ2v) is 6.67. The van der Waals surface area contributed by atoms with E-state index in [1.54, 1.807) is 0 Å². The molecule has 0 radical (unpaired) electrons. The summed E-state index contributed by atoms with van der Waals surface area (Å²) in [6, 6.07) is 18.0. The summed E-state index contributed by atoms with van der Waals surface area (Å²) in [7, 11) is 0. The van der Waals surface area contributed by atoms with Crippen LogP contribution in [0.2, 0.25) is 0 Å². The first-order valence-corrected chi connectivity index (χ1v) is 8.92. The molecule has 0 aliphatic rings. The van der Waals surface area contributed by atoms with Gasteiger partial charge in [0.1, 0.15) is 5.82 Å². The Hall–Kier alpha value is -3.41. The third-order valence-corrected chi connectivity index (χ3v) is 4.54. The van der Waals surface area contributed by atoms with Crippen LogP contribution in [0.3, 0.4) is 0 Å².